The molecule has 0 fully saturated rings. The molecule has 0 aromatic heterocycles. The number of nitrogens with two attached hydrogens (primary N) is 1. The van der Waals surface area contributed by atoms with Crippen molar-refractivity contribution in [3.05, 3.63) is 60.8 Å². The first-order valence-electron chi connectivity index (χ1n) is 34.8. The van der Waals surface area contributed by atoms with Crippen LogP contribution in [0, 0.1) is 0 Å². The van der Waals surface area contributed by atoms with Gasteiger partial charge in [-0.05, 0) is 57.8 Å². The number of phosphoric ester groups is 1. The highest BCUT2D eigenvalue weighted by molar-refractivity contribution is 7.47. The first kappa shape index (κ1) is 78.7. The summed E-state index contributed by atoms with van der Waals surface area (Å²) in [5.41, 5.74) is 5.40. The Balaban J connectivity index is 3.80. The van der Waals surface area contributed by atoms with Gasteiger partial charge in [0.1, 0.15) is 6.61 Å². The van der Waals surface area contributed by atoms with Gasteiger partial charge in [-0.1, -0.05) is 338 Å². The molecule has 474 valence electrons. The highest BCUT2D eigenvalue weighted by atomic mass is 31.2. The van der Waals surface area contributed by atoms with Gasteiger partial charge < -0.3 is 20.1 Å². The van der Waals surface area contributed by atoms with E-state index in [0.29, 0.717) is 6.42 Å². The van der Waals surface area contributed by atoms with Crippen LogP contribution in [0.2, 0.25) is 0 Å². The van der Waals surface area contributed by atoms with E-state index in [2.05, 4.69) is 74.6 Å². The van der Waals surface area contributed by atoms with Gasteiger partial charge in [0.2, 0.25) is 0 Å². The average Bonchev–Trinajstić information content (AvgIpc) is 3.46. The Labute approximate surface area is 501 Å². The van der Waals surface area contributed by atoms with Crippen LogP contribution in [-0.2, 0) is 32.7 Å². The Bertz CT molecular complexity index is 1510. The van der Waals surface area contributed by atoms with E-state index in [9.17, 15) is 19.0 Å². The predicted octanol–water partition coefficient (Wildman–Crippen LogP) is 22.6. The molecule has 10 heteroatoms. The van der Waals surface area contributed by atoms with Crippen molar-refractivity contribution in [3.63, 3.8) is 0 Å². The molecule has 0 saturated heterocycles. The average molecular weight is 1160 g/mol. The van der Waals surface area contributed by atoms with Gasteiger partial charge in [-0.3, -0.25) is 18.6 Å². The maximum absolute atomic E-state index is 12.7. The molecule has 0 spiro atoms. The number of ether oxygens (including phenoxy) is 2. The third-order valence-corrected chi connectivity index (χ3v) is 16.4. The van der Waals surface area contributed by atoms with Gasteiger partial charge >= 0.3 is 19.8 Å². The van der Waals surface area contributed by atoms with E-state index in [0.717, 1.165) is 77.0 Å². The lowest BCUT2D eigenvalue weighted by Crippen LogP contribution is -2.29. The van der Waals surface area contributed by atoms with Crippen molar-refractivity contribution in [2.45, 2.75) is 354 Å². The van der Waals surface area contributed by atoms with Crippen molar-refractivity contribution in [3.8, 4) is 0 Å². The van der Waals surface area contributed by atoms with E-state index in [-0.39, 0.29) is 38.6 Å². The molecule has 0 saturated carbocycles. The fraction of sp³-hybridized carbons (Fsp3) is 0.831. The van der Waals surface area contributed by atoms with E-state index in [1.54, 1.807) is 0 Å². The molecule has 0 aliphatic rings. The molecule has 9 nitrogen and oxygen atoms in total. The van der Waals surface area contributed by atoms with Crippen LogP contribution in [0.25, 0.3) is 0 Å². The third kappa shape index (κ3) is 66.7. The van der Waals surface area contributed by atoms with Gasteiger partial charge in [0, 0.05) is 19.4 Å². The number of hydrogen-bond donors (Lipinski definition) is 2. The van der Waals surface area contributed by atoms with E-state index in [1.807, 2.05) is 0 Å². The molecule has 0 aromatic rings. The molecular formula is C71H132NO8P. The van der Waals surface area contributed by atoms with Gasteiger partial charge in [0.05, 0.1) is 13.2 Å². The SMILES string of the molecule is CC/C=C\C/C=C\C/C=C\C/C=C\C/C=C\CCCCCCCCCC(=O)OC(COC(=O)CCCCCCCCCCCCCCCCCCCCCCCCCCCCCCCCCCCCCCC)COP(=O)(O)OCCN. The molecule has 2 unspecified atom stereocenters. The lowest BCUT2D eigenvalue weighted by Gasteiger charge is -2.19. The lowest BCUT2D eigenvalue weighted by molar-refractivity contribution is -0.161. The molecule has 0 bridgehead atoms. The van der Waals surface area contributed by atoms with Gasteiger partial charge in [0.25, 0.3) is 0 Å². The fourth-order valence-electron chi connectivity index (χ4n) is 10.3. The summed E-state index contributed by atoms with van der Waals surface area (Å²) in [6, 6.07) is 0. The van der Waals surface area contributed by atoms with Gasteiger partial charge in [0.15, 0.2) is 6.10 Å². The van der Waals surface area contributed by atoms with Crippen LogP contribution in [0.4, 0.5) is 0 Å². The van der Waals surface area contributed by atoms with Crippen LogP contribution in [0.3, 0.4) is 0 Å². The molecule has 0 aromatic carbocycles. The summed E-state index contributed by atoms with van der Waals surface area (Å²) >= 11 is 0. The standard InChI is InChI=1S/C71H132NO8P/c1-3-5-7-9-11-13-15-17-19-21-23-25-27-28-29-30-31-32-33-34-35-36-37-38-39-40-42-43-45-47-49-51-53-55-57-59-61-63-70(73)77-67-69(68-79-81(75,76)78-66-65-72)80-71(74)64-62-60-58-56-54-52-50-48-46-44-41-26-24-22-20-18-16-14-12-10-8-6-4-2/h6,8,12,14,18,20,24,26,44,46,69H,3-5,7,9-11,13,15-17,19,21-23,25,27-43,45,47-68,72H2,1-2H3,(H,75,76)/b8-6-,14-12-,20-18-,26-24-,46-44-. The van der Waals surface area contributed by atoms with E-state index < -0.39 is 26.5 Å². The molecule has 0 aliphatic heterocycles. The van der Waals surface area contributed by atoms with E-state index in [4.69, 9.17) is 24.3 Å². The molecule has 3 N–H and O–H groups in total. The summed E-state index contributed by atoms with van der Waals surface area (Å²) in [6.07, 6.45) is 86.2. The number of allylic oxidation sites excluding steroid dienone is 10. The Hall–Kier alpha value is -2.29. The Kier molecular flexibility index (Phi) is 65.0. The maximum atomic E-state index is 12.7. The number of unbranched alkanes of at least 4 members (excludes halogenated alkanes) is 43. The van der Waals surface area contributed by atoms with Crippen molar-refractivity contribution in [1.29, 1.82) is 0 Å². The monoisotopic (exact) mass is 1160 g/mol. The Morgan fingerprint density at radius 2 is 0.679 bits per heavy atom. The van der Waals surface area contributed by atoms with Crippen LogP contribution in [0.15, 0.2) is 60.8 Å². The van der Waals surface area contributed by atoms with Crippen molar-refractivity contribution >= 4 is 19.8 Å². The number of carbonyl (C=O) groups excluding carboxylic acids is 2. The second kappa shape index (κ2) is 66.8. The summed E-state index contributed by atoms with van der Waals surface area (Å²) in [4.78, 5) is 35.3. The Morgan fingerprint density at radius 3 is 1.01 bits per heavy atom. The molecule has 0 amide bonds. The molecule has 0 aliphatic carbocycles. The molecule has 2 atom stereocenters. The highest BCUT2D eigenvalue weighted by Crippen LogP contribution is 2.43. The maximum Gasteiger partial charge on any atom is 0.472 e. The zero-order valence-electron chi connectivity index (χ0n) is 53.3. The number of esters is 2. The Morgan fingerprint density at radius 1 is 0.383 bits per heavy atom. The number of rotatable bonds is 66. The van der Waals surface area contributed by atoms with Crippen LogP contribution < -0.4 is 5.73 Å². The smallest absolute Gasteiger partial charge is 0.462 e. The van der Waals surface area contributed by atoms with Crippen molar-refractivity contribution < 1.29 is 37.6 Å². The van der Waals surface area contributed by atoms with E-state index >= 15 is 0 Å². The fourth-order valence-corrected chi connectivity index (χ4v) is 11.1. The molecule has 0 radical (unpaired) electrons. The molecular weight excluding hydrogens is 1030 g/mol. The molecule has 0 rings (SSSR count). The van der Waals surface area contributed by atoms with Crippen LogP contribution in [0.1, 0.15) is 348 Å². The molecule has 0 heterocycles. The highest BCUT2D eigenvalue weighted by Gasteiger charge is 2.26. The largest absolute Gasteiger partial charge is 0.472 e. The van der Waals surface area contributed by atoms with Crippen molar-refractivity contribution in [2.24, 2.45) is 5.73 Å². The van der Waals surface area contributed by atoms with Gasteiger partial charge in [-0.25, -0.2) is 4.57 Å². The normalized spacial score (nSPS) is 13.3. The number of phosphoric acid groups is 1. The minimum Gasteiger partial charge on any atom is -0.462 e. The first-order chi connectivity index (χ1) is 39.8. The van der Waals surface area contributed by atoms with Crippen molar-refractivity contribution in [2.75, 3.05) is 26.4 Å². The predicted molar refractivity (Wildman–Crippen MR) is 349 cm³/mol. The third-order valence-electron chi connectivity index (χ3n) is 15.4. The second-order valence-corrected chi connectivity index (χ2v) is 24.8. The summed E-state index contributed by atoms with van der Waals surface area (Å²) in [5.74, 6) is -0.828. The minimum absolute atomic E-state index is 0.0504. The number of hydrogen-bond acceptors (Lipinski definition) is 8. The molecule has 81 heavy (non-hydrogen) atoms. The summed E-state index contributed by atoms with van der Waals surface area (Å²) in [5, 5.41) is 0. The summed E-state index contributed by atoms with van der Waals surface area (Å²) in [6.45, 7) is 3.67. The van der Waals surface area contributed by atoms with Crippen LogP contribution in [0.5, 0.6) is 0 Å². The second-order valence-electron chi connectivity index (χ2n) is 23.4. The topological polar surface area (TPSA) is 134 Å². The first-order valence-corrected chi connectivity index (χ1v) is 36.3. The van der Waals surface area contributed by atoms with Crippen LogP contribution in [-0.4, -0.2) is 49.3 Å². The summed E-state index contributed by atoms with van der Waals surface area (Å²) < 4.78 is 33.1. The minimum atomic E-state index is -4.40. The van der Waals surface area contributed by atoms with E-state index in [1.165, 1.54) is 238 Å². The van der Waals surface area contributed by atoms with Crippen LogP contribution >= 0.6 is 7.82 Å². The quantitative estimate of drug-likeness (QED) is 0.0264. The zero-order chi connectivity index (χ0) is 58.7. The number of carbonyl (C=O) groups is 2. The van der Waals surface area contributed by atoms with Gasteiger partial charge in [-0.2, -0.15) is 0 Å². The van der Waals surface area contributed by atoms with Crippen molar-refractivity contribution in [1.82, 2.24) is 0 Å². The zero-order valence-corrected chi connectivity index (χ0v) is 54.2. The lowest BCUT2D eigenvalue weighted by atomic mass is 10.0. The summed E-state index contributed by atoms with van der Waals surface area (Å²) in [7, 11) is -4.40. The van der Waals surface area contributed by atoms with Gasteiger partial charge in [-0.15, -0.1) is 0 Å².